The van der Waals surface area contributed by atoms with Gasteiger partial charge >= 0.3 is 0 Å². The Balaban J connectivity index is 3.48. The third kappa shape index (κ3) is 4.60. The number of unbranched alkanes of at least 4 members (excludes halogenated alkanes) is 2. The quantitative estimate of drug-likeness (QED) is 0.412. The van der Waals surface area contributed by atoms with E-state index < -0.39 is 0 Å². The minimum Gasteiger partial charge on any atom is -0.0854 e. The highest BCUT2D eigenvalue weighted by molar-refractivity contribution is 5.00. The maximum atomic E-state index is 2.37. The summed E-state index contributed by atoms with van der Waals surface area (Å²) >= 11 is 0. The molecule has 0 bridgehead atoms. The molecular formula is C10H20. The van der Waals surface area contributed by atoms with Crippen LogP contribution < -0.4 is 0 Å². The van der Waals surface area contributed by atoms with E-state index in [1.807, 2.05) is 0 Å². The molecule has 0 heterocycles. The molecule has 0 N–H and O–H groups in total. The van der Waals surface area contributed by atoms with Gasteiger partial charge in [-0.15, -0.1) is 0 Å². The first kappa shape index (κ1) is 9.74. The van der Waals surface area contributed by atoms with Gasteiger partial charge in [0.2, 0.25) is 0 Å². The Labute approximate surface area is 65.3 Å². The molecule has 60 valence electrons. The highest BCUT2D eigenvalue weighted by Crippen LogP contribution is 2.09. The molecular weight excluding hydrogens is 120 g/mol. The molecule has 0 aromatic heterocycles. The summed E-state index contributed by atoms with van der Waals surface area (Å²) in [5, 5.41) is 0. The fourth-order valence-corrected chi connectivity index (χ4v) is 0.770. The first-order valence-corrected chi connectivity index (χ1v) is 4.35. The van der Waals surface area contributed by atoms with E-state index in [-0.39, 0.29) is 0 Å². The lowest BCUT2D eigenvalue weighted by Crippen LogP contribution is -1.87. The highest BCUT2D eigenvalue weighted by atomic mass is 14.0. The predicted octanol–water partition coefficient (Wildman–Crippen LogP) is 3.78. The molecule has 0 aliphatic rings. The van der Waals surface area contributed by atoms with Gasteiger partial charge in [-0.25, -0.2) is 0 Å². The molecule has 0 spiro atoms. The van der Waals surface area contributed by atoms with Gasteiger partial charge in [-0.2, -0.15) is 0 Å². The average Bonchev–Trinajstić information content (AvgIpc) is 1.88. The zero-order chi connectivity index (χ0) is 7.98. The Morgan fingerprint density at radius 2 is 2.00 bits per heavy atom. The van der Waals surface area contributed by atoms with Crippen molar-refractivity contribution in [1.29, 1.82) is 0 Å². The van der Waals surface area contributed by atoms with Crippen LogP contribution in [0, 0.1) is 5.92 Å². The molecule has 0 unspecified atom stereocenters. The topological polar surface area (TPSA) is 0 Å². The summed E-state index contributed by atoms with van der Waals surface area (Å²) in [5.41, 5.74) is 1.54. The molecule has 10 heavy (non-hydrogen) atoms. The van der Waals surface area contributed by atoms with Crippen molar-refractivity contribution in [1.82, 2.24) is 0 Å². The Morgan fingerprint density at radius 1 is 1.40 bits per heavy atom. The van der Waals surface area contributed by atoms with E-state index in [1.54, 1.807) is 0 Å². The van der Waals surface area contributed by atoms with Gasteiger partial charge in [-0.1, -0.05) is 45.3 Å². The molecule has 0 aliphatic carbocycles. The molecule has 0 heteroatoms. The molecule has 0 fully saturated rings. The van der Waals surface area contributed by atoms with Crippen molar-refractivity contribution in [3.63, 3.8) is 0 Å². The van der Waals surface area contributed by atoms with Gasteiger partial charge in [-0.05, 0) is 19.3 Å². The predicted molar refractivity (Wildman–Crippen MR) is 48.1 cm³/mol. The van der Waals surface area contributed by atoms with E-state index in [0.717, 1.165) is 5.92 Å². The van der Waals surface area contributed by atoms with Gasteiger partial charge in [0.1, 0.15) is 0 Å². The van der Waals surface area contributed by atoms with Crippen LogP contribution >= 0.6 is 0 Å². The number of hydrogen-bond acceptors (Lipinski definition) is 0. The standard InChI is InChI=1S/C10H20/c1-5-6-7-8-10(4)9(2)3/h8-9H,5-7H2,1-4H3. The van der Waals surface area contributed by atoms with E-state index >= 15 is 0 Å². The smallest absolute Gasteiger partial charge is 0.0263 e. The van der Waals surface area contributed by atoms with E-state index in [0.29, 0.717) is 0 Å². The van der Waals surface area contributed by atoms with E-state index in [4.69, 9.17) is 0 Å². The van der Waals surface area contributed by atoms with Crippen LogP contribution in [-0.4, -0.2) is 0 Å². The van der Waals surface area contributed by atoms with Crippen LogP contribution in [0.2, 0.25) is 0 Å². The SMILES string of the molecule is CCCCC=C(C)C(C)C. The second-order valence-corrected chi connectivity index (χ2v) is 3.25. The van der Waals surface area contributed by atoms with Gasteiger partial charge in [0.05, 0.1) is 0 Å². The maximum Gasteiger partial charge on any atom is -0.0263 e. The fourth-order valence-electron chi connectivity index (χ4n) is 0.770. The van der Waals surface area contributed by atoms with Crippen molar-refractivity contribution in [2.45, 2.75) is 47.0 Å². The second-order valence-electron chi connectivity index (χ2n) is 3.25. The summed E-state index contributed by atoms with van der Waals surface area (Å²) in [6.07, 6.45) is 6.28. The average molecular weight is 140 g/mol. The van der Waals surface area contributed by atoms with Crippen molar-refractivity contribution < 1.29 is 0 Å². The molecule has 0 aromatic carbocycles. The van der Waals surface area contributed by atoms with Crippen LogP contribution in [0.5, 0.6) is 0 Å². The highest BCUT2D eigenvalue weighted by Gasteiger charge is 1.93. The minimum absolute atomic E-state index is 0.733. The Kier molecular flexibility index (Phi) is 5.38. The van der Waals surface area contributed by atoms with Crippen LogP contribution in [0.3, 0.4) is 0 Å². The van der Waals surface area contributed by atoms with Gasteiger partial charge in [0, 0.05) is 0 Å². The number of rotatable bonds is 4. The fraction of sp³-hybridized carbons (Fsp3) is 0.800. The van der Waals surface area contributed by atoms with Gasteiger partial charge in [-0.3, -0.25) is 0 Å². The molecule has 0 radical (unpaired) electrons. The molecule has 0 amide bonds. The van der Waals surface area contributed by atoms with Crippen molar-refractivity contribution in [3.05, 3.63) is 11.6 Å². The first-order valence-electron chi connectivity index (χ1n) is 4.35. The zero-order valence-corrected chi connectivity index (χ0v) is 7.78. The minimum atomic E-state index is 0.733. The summed E-state index contributed by atoms with van der Waals surface area (Å²) in [7, 11) is 0. The van der Waals surface area contributed by atoms with Gasteiger partial charge < -0.3 is 0 Å². The monoisotopic (exact) mass is 140 g/mol. The van der Waals surface area contributed by atoms with E-state index in [2.05, 4.69) is 33.8 Å². The lowest BCUT2D eigenvalue weighted by Gasteiger charge is -2.03. The maximum absolute atomic E-state index is 2.37. The summed E-state index contributed by atoms with van der Waals surface area (Å²) < 4.78 is 0. The zero-order valence-electron chi connectivity index (χ0n) is 7.78. The Bertz CT molecular complexity index is 98.6. The van der Waals surface area contributed by atoms with Gasteiger partial charge in [0.15, 0.2) is 0 Å². The first-order chi connectivity index (χ1) is 4.68. The molecule has 0 atom stereocenters. The Morgan fingerprint density at radius 3 is 2.40 bits per heavy atom. The molecule has 0 aliphatic heterocycles. The third-order valence-corrected chi connectivity index (χ3v) is 1.93. The summed E-state index contributed by atoms with van der Waals surface area (Å²) in [6, 6.07) is 0. The normalized spacial score (nSPS) is 12.7. The molecule has 0 saturated carbocycles. The van der Waals surface area contributed by atoms with E-state index in [1.165, 1.54) is 24.8 Å². The van der Waals surface area contributed by atoms with Gasteiger partial charge in [0.25, 0.3) is 0 Å². The van der Waals surface area contributed by atoms with Crippen LogP contribution in [0.1, 0.15) is 47.0 Å². The molecule has 0 nitrogen and oxygen atoms in total. The molecule has 0 saturated heterocycles. The van der Waals surface area contributed by atoms with Crippen molar-refractivity contribution >= 4 is 0 Å². The van der Waals surface area contributed by atoms with Crippen LogP contribution in [0.25, 0.3) is 0 Å². The van der Waals surface area contributed by atoms with Crippen molar-refractivity contribution in [2.75, 3.05) is 0 Å². The number of hydrogen-bond donors (Lipinski definition) is 0. The number of allylic oxidation sites excluding steroid dienone is 2. The van der Waals surface area contributed by atoms with Crippen LogP contribution in [-0.2, 0) is 0 Å². The molecule has 0 rings (SSSR count). The third-order valence-electron chi connectivity index (χ3n) is 1.93. The van der Waals surface area contributed by atoms with Crippen LogP contribution in [0.15, 0.2) is 11.6 Å². The Hall–Kier alpha value is -0.260. The largest absolute Gasteiger partial charge is 0.0854 e. The lowest BCUT2D eigenvalue weighted by molar-refractivity contribution is 0.745. The summed E-state index contributed by atoms with van der Waals surface area (Å²) in [6.45, 7) is 8.95. The van der Waals surface area contributed by atoms with E-state index in [9.17, 15) is 0 Å². The lowest BCUT2D eigenvalue weighted by atomic mass is 10.0. The van der Waals surface area contributed by atoms with Crippen molar-refractivity contribution in [3.8, 4) is 0 Å². The molecule has 0 aromatic rings. The van der Waals surface area contributed by atoms with Crippen molar-refractivity contribution in [2.24, 2.45) is 5.92 Å². The van der Waals surface area contributed by atoms with Crippen LogP contribution in [0.4, 0.5) is 0 Å². The summed E-state index contributed by atoms with van der Waals surface area (Å²) in [5.74, 6) is 0.733. The summed E-state index contributed by atoms with van der Waals surface area (Å²) in [4.78, 5) is 0. The second kappa shape index (κ2) is 5.52.